The summed E-state index contributed by atoms with van der Waals surface area (Å²) in [5, 5.41) is 0. The number of hydrogen-bond donors (Lipinski definition) is 1. The van der Waals surface area contributed by atoms with Gasteiger partial charge in [-0.05, 0) is 18.1 Å². The van der Waals surface area contributed by atoms with Gasteiger partial charge in [-0.2, -0.15) is 0 Å². The predicted octanol–water partition coefficient (Wildman–Crippen LogP) is 2.60. The summed E-state index contributed by atoms with van der Waals surface area (Å²) in [5.74, 6) is 0.192. The second-order valence-electron chi connectivity index (χ2n) is 4.37. The zero-order valence-corrected chi connectivity index (χ0v) is 10.4. The van der Waals surface area contributed by atoms with Crippen LogP contribution in [-0.2, 0) is 16.1 Å². The lowest BCUT2D eigenvalue weighted by molar-refractivity contribution is 0.0307. The zero-order valence-electron chi connectivity index (χ0n) is 10.4. The van der Waals surface area contributed by atoms with Gasteiger partial charge in [0, 0.05) is 17.9 Å². The third-order valence-corrected chi connectivity index (χ3v) is 2.16. The molecule has 0 fully saturated rings. The summed E-state index contributed by atoms with van der Waals surface area (Å²) in [5.41, 5.74) is 6.39. The molecule has 2 N–H and O–H groups in total. The minimum atomic E-state index is -0.326. The molecule has 1 aromatic carbocycles. The summed E-state index contributed by atoms with van der Waals surface area (Å²) in [6.45, 7) is 6.15. The molecule has 3 nitrogen and oxygen atoms in total. The fraction of sp³-hybridized carbons (Fsp3) is 0.538. The number of ether oxygens (including phenoxy) is 2. The van der Waals surface area contributed by atoms with E-state index in [2.05, 4.69) is 13.8 Å². The van der Waals surface area contributed by atoms with Crippen LogP contribution in [0.2, 0.25) is 0 Å². The molecule has 0 aliphatic carbocycles. The molecule has 0 radical (unpaired) electrons. The number of rotatable bonds is 7. The molecule has 0 aromatic heterocycles. The van der Waals surface area contributed by atoms with Crippen LogP contribution in [0.5, 0.6) is 0 Å². The lowest BCUT2D eigenvalue weighted by atomic mass is 10.2. The van der Waals surface area contributed by atoms with Crippen molar-refractivity contribution in [3.63, 3.8) is 0 Å². The van der Waals surface area contributed by atoms with Gasteiger partial charge in [0.25, 0.3) is 0 Å². The van der Waals surface area contributed by atoms with E-state index in [9.17, 15) is 4.39 Å². The van der Waals surface area contributed by atoms with E-state index in [0.29, 0.717) is 30.4 Å². The Morgan fingerprint density at radius 1 is 1.24 bits per heavy atom. The second kappa shape index (κ2) is 7.25. The maximum atomic E-state index is 13.3. The van der Waals surface area contributed by atoms with Gasteiger partial charge in [0.15, 0.2) is 0 Å². The summed E-state index contributed by atoms with van der Waals surface area (Å²) >= 11 is 0. The minimum absolute atomic E-state index is 0.247. The van der Waals surface area contributed by atoms with Crippen LogP contribution in [0.1, 0.15) is 19.4 Å². The summed E-state index contributed by atoms with van der Waals surface area (Å²) < 4.78 is 24.0. The van der Waals surface area contributed by atoms with Crippen molar-refractivity contribution in [1.82, 2.24) is 0 Å². The van der Waals surface area contributed by atoms with Gasteiger partial charge in [0.05, 0.1) is 19.8 Å². The van der Waals surface area contributed by atoms with E-state index < -0.39 is 0 Å². The molecule has 0 aliphatic rings. The molecule has 1 rings (SSSR count). The van der Waals surface area contributed by atoms with E-state index in [1.807, 2.05) is 0 Å². The van der Waals surface area contributed by atoms with Crippen LogP contribution in [-0.4, -0.2) is 19.8 Å². The number of nitrogen functional groups attached to an aromatic ring is 1. The number of hydrogen-bond acceptors (Lipinski definition) is 3. The van der Waals surface area contributed by atoms with Crippen molar-refractivity contribution in [2.75, 3.05) is 25.6 Å². The molecule has 0 heterocycles. The molecule has 1 aromatic rings. The lowest BCUT2D eigenvalue weighted by Crippen LogP contribution is -2.08. The van der Waals surface area contributed by atoms with Crippen molar-refractivity contribution < 1.29 is 13.9 Å². The molecule has 0 atom stereocenters. The van der Waals surface area contributed by atoms with Crippen LogP contribution in [0.15, 0.2) is 18.2 Å². The van der Waals surface area contributed by atoms with Crippen LogP contribution in [0.25, 0.3) is 0 Å². The standard InChI is InChI=1S/C13H20FNO2/c1-10(2)8-16-5-6-17-9-11-3-4-12(15)7-13(11)14/h3-4,7,10H,5-6,8-9,15H2,1-2H3. The highest BCUT2D eigenvalue weighted by Gasteiger charge is 2.02. The molecule has 96 valence electrons. The Hall–Kier alpha value is -1.13. The van der Waals surface area contributed by atoms with Crippen molar-refractivity contribution in [3.8, 4) is 0 Å². The quantitative estimate of drug-likeness (QED) is 0.589. The second-order valence-corrected chi connectivity index (χ2v) is 4.37. The molecule has 17 heavy (non-hydrogen) atoms. The Balaban J connectivity index is 2.18. The van der Waals surface area contributed by atoms with Gasteiger partial charge in [0.1, 0.15) is 5.82 Å². The maximum absolute atomic E-state index is 13.3. The molecule has 0 spiro atoms. The number of halogens is 1. The SMILES string of the molecule is CC(C)COCCOCc1ccc(N)cc1F. The summed E-state index contributed by atoms with van der Waals surface area (Å²) in [6.07, 6.45) is 0. The molecule has 0 bridgehead atoms. The highest BCUT2D eigenvalue weighted by molar-refractivity contribution is 5.40. The Labute approximate surface area is 102 Å². The normalized spacial score (nSPS) is 11.1. The summed E-state index contributed by atoms with van der Waals surface area (Å²) in [4.78, 5) is 0. The average molecular weight is 241 g/mol. The van der Waals surface area contributed by atoms with Crippen LogP contribution in [0.3, 0.4) is 0 Å². The van der Waals surface area contributed by atoms with Gasteiger partial charge in [-0.15, -0.1) is 0 Å². The van der Waals surface area contributed by atoms with Gasteiger partial charge >= 0.3 is 0 Å². The molecule has 0 saturated carbocycles. The topological polar surface area (TPSA) is 44.5 Å². The maximum Gasteiger partial charge on any atom is 0.130 e. The van der Waals surface area contributed by atoms with Gasteiger partial charge in [-0.25, -0.2) is 4.39 Å². The van der Waals surface area contributed by atoms with Gasteiger partial charge < -0.3 is 15.2 Å². The smallest absolute Gasteiger partial charge is 0.130 e. The fourth-order valence-corrected chi connectivity index (χ4v) is 1.30. The number of benzene rings is 1. The fourth-order valence-electron chi connectivity index (χ4n) is 1.30. The van der Waals surface area contributed by atoms with Crippen molar-refractivity contribution in [2.45, 2.75) is 20.5 Å². The highest BCUT2D eigenvalue weighted by Crippen LogP contribution is 2.12. The van der Waals surface area contributed by atoms with E-state index in [4.69, 9.17) is 15.2 Å². The molecule has 0 saturated heterocycles. The molecular formula is C13H20FNO2. The highest BCUT2D eigenvalue weighted by atomic mass is 19.1. The van der Waals surface area contributed by atoms with Crippen LogP contribution in [0.4, 0.5) is 10.1 Å². The molecule has 4 heteroatoms. The number of nitrogens with two attached hydrogens (primary N) is 1. The van der Waals surface area contributed by atoms with Crippen LogP contribution in [0, 0.1) is 11.7 Å². The third kappa shape index (κ3) is 5.65. The van der Waals surface area contributed by atoms with E-state index in [0.717, 1.165) is 6.61 Å². The van der Waals surface area contributed by atoms with Crippen LogP contribution >= 0.6 is 0 Å². The summed E-state index contributed by atoms with van der Waals surface area (Å²) in [7, 11) is 0. The van der Waals surface area contributed by atoms with Gasteiger partial charge in [0.2, 0.25) is 0 Å². The van der Waals surface area contributed by atoms with E-state index >= 15 is 0 Å². The van der Waals surface area contributed by atoms with E-state index in [-0.39, 0.29) is 12.4 Å². The van der Waals surface area contributed by atoms with Gasteiger partial charge in [-0.1, -0.05) is 19.9 Å². The van der Waals surface area contributed by atoms with Crippen molar-refractivity contribution in [3.05, 3.63) is 29.6 Å². The first-order valence-corrected chi connectivity index (χ1v) is 5.79. The first kappa shape index (κ1) is 13.9. The van der Waals surface area contributed by atoms with Crippen LogP contribution < -0.4 is 5.73 Å². The predicted molar refractivity (Wildman–Crippen MR) is 66.1 cm³/mol. The van der Waals surface area contributed by atoms with E-state index in [1.54, 1.807) is 12.1 Å². The third-order valence-electron chi connectivity index (χ3n) is 2.16. The first-order chi connectivity index (χ1) is 8.09. The lowest BCUT2D eigenvalue weighted by Gasteiger charge is -2.08. The van der Waals surface area contributed by atoms with E-state index in [1.165, 1.54) is 6.07 Å². The summed E-state index contributed by atoms with van der Waals surface area (Å²) in [6, 6.07) is 4.60. The molecule has 0 aliphatic heterocycles. The molecular weight excluding hydrogens is 221 g/mol. The number of anilines is 1. The van der Waals surface area contributed by atoms with Crippen molar-refractivity contribution in [2.24, 2.45) is 5.92 Å². The Morgan fingerprint density at radius 2 is 1.94 bits per heavy atom. The molecule has 0 unspecified atom stereocenters. The van der Waals surface area contributed by atoms with Crippen molar-refractivity contribution in [1.29, 1.82) is 0 Å². The zero-order chi connectivity index (χ0) is 12.7. The Morgan fingerprint density at radius 3 is 2.59 bits per heavy atom. The monoisotopic (exact) mass is 241 g/mol. The average Bonchev–Trinajstić information content (AvgIpc) is 2.25. The van der Waals surface area contributed by atoms with Gasteiger partial charge in [-0.3, -0.25) is 0 Å². The Kier molecular flexibility index (Phi) is 5.94. The molecule has 0 amide bonds. The largest absolute Gasteiger partial charge is 0.399 e. The van der Waals surface area contributed by atoms with Crippen molar-refractivity contribution >= 4 is 5.69 Å². The first-order valence-electron chi connectivity index (χ1n) is 5.79. The minimum Gasteiger partial charge on any atom is -0.399 e. The Bertz CT molecular complexity index is 342.